The van der Waals surface area contributed by atoms with Gasteiger partial charge in [-0.05, 0) is 13.0 Å². The minimum atomic E-state index is -3.03. The van der Waals surface area contributed by atoms with Crippen molar-refractivity contribution in [3.05, 3.63) is 12.3 Å². The van der Waals surface area contributed by atoms with Gasteiger partial charge in [-0.1, -0.05) is 0 Å². The van der Waals surface area contributed by atoms with E-state index in [4.69, 9.17) is 4.74 Å². The summed E-state index contributed by atoms with van der Waals surface area (Å²) < 4.78 is 27.8. The van der Waals surface area contributed by atoms with Crippen LogP contribution in [0.1, 0.15) is 6.92 Å². The maximum absolute atomic E-state index is 11.3. The minimum Gasteiger partial charge on any atom is -0.479 e. The number of nitrogens with zero attached hydrogens (tertiary/aromatic N) is 2. The summed E-state index contributed by atoms with van der Waals surface area (Å²) in [6, 6.07) is 1.62. The number of ether oxygens (including phenoxy) is 1. The third kappa shape index (κ3) is 4.59. The molecule has 1 aromatic rings. The first-order chi connectivity index (χ1) is 8.74. The average molecular weight is 287 g/mol. The highest BCUT2D eigenvalue weighted by molar-refractivity contribution is 7.90. The molecule has 0 spiro atoms. The van der Waals surface area contributed by atoms with E-state index in [0.29, 0.717) is 11.6 Å². The molecule has 1 N–H and O–H groups in total. The molecular weight excluding hydrogens is 266 g/mol. The van der Waals surface area contributed by atoms with Gasteiger partial charge >= 0.3 is 0 Å². The number of aromatic nitrogens is 1. The van der Waals surface area contributed by atoms with Crippen molar-refractivity contribution in [3.8, 4) is 5.88 Å². The van der Waals surface area contributed by atoms with Crippen LogP contribution in [0.2, 0.25) is 0 Å². The Kier molecular flexibility index (Phi) is 4.99. The van der Waals surface area contributed by atoms with Crippen LogP contribution in [0.25, 0.3) is 0 Å². The van der Waals surface area contributed by atoms with E-state index in [1.54, 1.807) is 6.20 Å². The van der Waals surface area contributed by atoms with E-state index in [1.165, 1.54) is 13.4 Å². The Morgan fingerprint density at radius 2 is 2.11 bits per heavy atom. The van der Waals surface area contributed by atoms with E-state index in [1.807, 2.05) is 32.0 Å². The van der Waals surface area contributed by atoms with Crippen LogP contribution in [0.5, 0.6) is 5.88 Å². The summed E-state index contributed by atoms with van der Waals surface area (Å²) in [7, 11) is 2.31. The van der Waals surface area contributed by atoms with Crippen LogP contribution in [0.4, 0.5) is 11.4 Å². The topological polar surface area (TPSA) is 71.5 Å². The minimum absolute atomic E-state index is 0.0535. The number of pyridine rings is 1. The molecule has 6 nitrogen and oxygen atoms in total. The van der Waals surface area contributed by atoms with Crippen molar-refractivity contribution < 1.29 is 13.2 Å². The van der Waals surface area contributed by atoms with Gasteiger partial charge in [0, 0.05) is 32.6 Å². The van der Waals surface area contributed by atoms with Gasteiger partial charge in [0.1, 0.15) is 15.5 Å². The van der Waals surface area contributed by atoms with Crippen molar-refractivity contribution >= 4 is 21.2 Å². The molecule has 19 heavy (non-hydrogen) atoms. The second kappa shape index (κ2) is 6.10. The highest BCUT2D eigenvalue weighted by atomic mass is 32.2. The lowest BCUT2D eigenvalue weighted by atomic mass is 10.2. The van der Waals surface area contributed by atoms with Crippen LogP contribution < -0.4 is 15.0 Å². The monoisotopic (exact) mass is 287 g/mol. The van der Waals surface area contributed by atoms with Crippen molar-refractivity contribution in [1.29, 1.82) is 0 Å². The molecule has 1 rings (SSSR count). The summed E-state index contributed by atoms with van der Waals surface area (Å²) in [5.74, 6) is 0.504. The fraction of sp³-hybridized carbons (Fsp3) is 0.583. The fourth-order valence-electron chi connectivity index (χ4n) is 1.84. The smallest absolute Gasteiger partial charge is 0.239 e. The van der Waals surface area contributed by atoms with Gasteiger partial charge in [0.2, 0.25) is 5.88 Å². The Morgan fingerprint density at radius 3 is 2.58 bits per heavy atom. The average Bonchev–Trinajstić information content (AvgIpc) is 2.26. The standard InChI is InChI=1S/C12H21N3O3S/c1-9(8-19(5,16)17)14-11-10(15(2)3)6-7-13-12(11)18-4/h6-7,9,14H,8H2,1-5H3. The van der Waals surface area contributed by atoms with E-state index in [9.17, 15) is 8.42 Å². The van der Waals surface area contributed by atoms with Crippen molar-refractivity contribution in [2.75, 3.05) is 43.4 Å². The number of hydrogen-bond acceptors (Lipinski definition) is 6. The third-order valence-corrected chi connectivity index (χ3v) is 3.62. The molecule has 0 saturated heterocycles. The van der Waals surface area contributed by atoms with Crippen molar-refractivity contribution in [1.82, 2.24) is 4.98 Å². The second-order valence-corrected chi connectivity index (χ2v) is 6.93. The first kappa shape index (κ1) is 15.6. The Bertz CT molecular complexity index is 529. The number of anilines is 2. The largest absolute Gasteiger partial charge is 0.479 e. The molecule has 1 atom stereocenters. The molecule has 7 heteroatoms. The Balaban J connectivity index is 3.04. The predicted molar refractivity (Wildman–Crippen MR) is 77.9 cm³/mol. The van der Waals surface area contributed by atoms with Gasteiger partial charge in [0.05, 0.1) is 18.6 Å². The van der Waals surface area contributed by atoms with Crippen LogP contribution in [-0.2, 0) is 9.84 Å². The van der Waals surface area contributed by atoms with Crippen molar-refractivity contribution in [2.24, 2.45) is 0 Å². The predicted octanol–water partition coefficient (Wildman–Crippen LogP) is 1.00. The normalized spacial score (nSPS) is 12.9. The van der Waals surface area contributed by atoms with E-state index in [-0.39, 0.29) is 11.8 Å². The number of rotatable bonds is 6. The summed E-state index contributed by atoms with van der Waals surface area (Å²) in [4.78, 5) is 6.05. The van der Waals surface area contributed by atoms with Gasteiger partial charge in [-0.25, -0.2) is 13.4 Å². The first-order valence-corrected chi connectivity index (χ1v) is 7.95. The third-order valence-electron chi connectivity index (χ3n) is 2.51. The quantitative estimate of drug-likeness (QED) is 0.841. The lowest BCUT2D eigenvalue weighted by molar-refractivity contribution is 0.399. The molecule has 0 bridgehead atoms. The first-order valence-electron chi connectivity index (χ1n) is 5.89. The Morgan fingerprint density at radius 1 is 1.47 bits per heavy atom. The highest BCUT2D eigenvalue weighted by Crippen LogP contribution is 2.32. The SMILES string of the molecule is COc1nccc(N(C)C)c1NC(C)CS(C)(=O)=O. The maximum Gasteiger partial charge on any atom is 0.239 e. The van der Waals surface area contributed by atoms with Crippen LogP contribution in [-0.4, -0.2) is 52.7 Å². The fourth-order valence-corrected chi connectivity index (χ4v) is 2.83. The maximum atomic E-state index is 11.3. The lowest BCUT2D eigenvalue weighted by Crippen LogP contribution is -2.26. The summed E-state index contributed by atoms with van der Waals surface area (Å²) in [5.41, 5.74) is 1.60. The van der Waals surface area contributed by atoms with Gasteiger partial charge in [-0.3, -0.25) is 0 Å². The summed E-state index contributed by atoms with van der Waals surface area (Å²) in [6.45, 7) is 1.81. The zero-order chi connectivity index (χ0) is 14.6. The summed E-state index contributed by atoms with van der Waals surface area (Å²) in [6.07, 6.45) is 2.87. The van der Waals surface area contributed by atoms with Gasteiger partial charge in [-0.2, -0.15) is 0 Å². The molecule has 0 radical (unpaired) electrons. The molecule has 0 aliphatic heterocycles. The second-order valence-electron chi connectivity index (χ2n) is 4.75. The molecule has 0 fully saturated rings. The van der Waals surface area contributed by atoms with Gasteiger partial charge in [0.25, 0.3) is 0 Å². The van der Waals surface area contributed by atoms with Crippen LogP contribution in [0.15, 0.2) is 12.3 Å². The molecule has 0 saturated carbocycles. The molecule has 108 valence electrons. The van der Waals surface area contributed by atoms with Crippen LogP contribution in [0, 0.1) is 0 Å². The Hall–Kier alpha value is -1.50. The number of nitrogens with one attached hydrogen (secondary N) is 1. The van der Waals surface area contributed by atoms with Crippen LogP contribution in [0.3, 0.4) is 0 Å². The van der Waals surface area contributed by atoms with Gasteiger partial charge < -0.3 is 15.0 Å². The van der Waals surface area contributed by atoms with E-state index < -0.39 is 9.84 Å². The van der Waals surface area contributed by atoms with Gasteiger partial charge in [-0.15, -0.1) is 0 Å². The van der Waals surface area contributed by atoms with E-state index in [2.05, 4.69) is 10.3 Å². The van der Waals surface area contributed by atoms with Gasteiger partial charge in [0.15, 0.2) is 0 Å². The zero-order valence-corrected chi connectivity index (χ0v) is 12.8. The molecule has 0 aliphatic rings. The number of methoxy groups -OCH3 is 1. The molecule has 0 aliphatic carbocycles. The zero-order valence-electron chi connectivity index (χ0n) is 12.0. The summed E-state index contributed by atoms with van der Waals surface area (Å²) in [5, 5.41) is 3.16. The number of sulfone groups is 1. The van der Waals surface area contributed by atoms with Crippen molar-refractivity contribution in [3.63, 3.8) is 0 Å². The molecule has 1 unspecified atom stereocenters. The molecule has 0 amide bonds. The number of hydrogen-bond donors (Lipinski definition) is 1. The van der Waals surface area contributed by atoms with E-state index >= 15 is 0 Å². The molecule has 1 heterocycles. The van der Waals surface area contributed by atoms with Crippen molar-refractivity contribution in [2.45, 2.75) is 13.0 Å². The Labute approximate surface area is 114 Å². The van der Waals surface area contributed by atoms with Crippen LogP contribution >= 0.6 is 0 Å². The van der Waals surface area contributed by atoms with E-state index in [0.717, 1.165) is 5.69 Å². The molecule has 1 aromatic heterocycles. The molecular formula is C12H21N3O3S. The highest BCUT2D eigenvalue weighted by Gasteiger charge is 2.17. The summed E-state index contributed by atoms with van der Waals surface area (Å²) >= 11 is 0. The molecule has 0 aromatic carbocycles. The lowest BCUT2D eigenvalue weighted by Gasteiger charge is -2.22.